The van der Waals surface area contributed by atoms with Crippen molar-refractivity contribution in [2.24, 2.45) is 17.6 Å². The summed E-state index contributed by atoms with van der Waals surface area (Å²) in [5.74, 6) is -9.49. The molecule has 3 aliphatic carbocycles. The molecular formula is C29H27N3O8. The van der Waals surface area contributed by atoms with E-state index in [1.54, 1.807) is 30.3 Å². The molecule has 11 heteroatoms. The largest absolute Gasteiger partial charge is 0.510 e. The van der Waals surface area contributed by atoms with Gasteiger partial charge in [-0.15, -0.1) is 0 Å². The molecule has 0 spiro atoms. The Morgan fingerprint density at radius 3 is 2.33 bits per heavy atom. The predicted octanol–water partition coefficient (Wildman–Crippen LogP) is 0.747. The van der Waals surface area contributed by atoms with E-state index in [9.17, 15) is 39.9 Å². The maximum atomic E-state index is 13.8. The summed E-state index contributed by atoms with van der Waals surface area (Å²) in [4.78, 5) is 40.9. The number of hydrogen-bond donors (Lipinski definition) is 6. The molecule has 1 unspecified atom stereocenters. The van der Waals surface area contributed by atoms with E-state index in [-0.39, 0.29) is 12.0 Å². The van der Waals surface area contributed by atoms with Crippen molar-refractivity contribution in [2.45, 2.75) is 30.1 Å². The number of Topliss-reactive ketones (excluding diaryl/α,β-unsaturated/α-hetero) is 2. The van der Waals surface area contributed by atoms with Gasteiger partial charge in [0.15, 0.2) is 11.4 Å². The highest BCUT2D eigenvalue weighted by Gasteiger charge is 2.67. The summed E-state index contributed by atoms with van der Waals surface area (Å²) in [7, 11) is 2.96. The number of likely N-dealkylation sites (N-methyl/N-ethyl adjacent to an activating group) is 1. The molecule has 1 amide bonds. The van der Waals surface area contributed by atoms with E-state index < -0.39 is 81.4 Å². The fourth-order valence-electron chi connectivity index (χ4n) is 6.61. The van der Waals surface area contributed by atoms with Gasteiger partial charge >= 0.3 is 0 Å². The molecule has 0 saturated carbocycles. The predicted molar refractivity (Wildman–Crippen MR) is 139 cm³/mol. The third-order valence-corrected chi connectivity index (χ3v) is 8.34. The molecule has 7 N–H and O–H groups in total. The van der Waals surface area contributed by atoms with Crippen LogP contribution < -0.4 is 5.73 Å². The molecule has 0 saturated heterocycles. The summed E-state index contributed by atoms with van der Waals surface area (Å²) in [5.41, 5.74) is 2.30. The summed E-state index contributed by atoms with van der Waals surface area (Å²) in [6.45, 7) is 0. The molecule has 0 aromatic heterocycles. The Morgan fingerprint density at radius 1 is 1.10 bits per heavy atom. The van der Waals surface area contributed by atoms with E-state index in [1.807, 2.05) is 6.07 Å². The first-order valence-electron chi connectivity index (χ1n) is 12.5. The Labute approximate surface area is 228 Å². The van der Waals surface area contributed by atoms with Crippen LogP contribution in [0.3, 0.4) is 0 Å². The molecule has 0 aliphatic heterocycles. The van der Waals surface area contributed by atoms with Gasteiger partial charge in [0.25, 0.3) is 5.91 Å². The molecule has 11 nitrogen and oxygen atoms in total. The number of nitrogens with two attached hydrogens (primary N) is 1. The van der Waals surface area contributed by atoms with Gasteiger partial charge in [0.1, 0.15) is 22.8 Å². The first-order chi connectivity index (χ1) is 18.9. The minimum atomic E-state index is -2.98. The second-order valence-electron chi connectivity index (χ2n) is 10.6. The zero-order chi connectivity index (χ0) is 29.3. The van der Waals surface area contributed by atoms with Crippen LogP contribution in [0.5, 0.6) is 5.75 Å². The van der Waals surface area contributed by atoms with E-state index in [0.717, 1.165) is 0 Å². The summed E-state index contributed by atoms with van der Waals surface area (Å²) in [5, 5.41) is 66.1. The fraction of sp³-hybridized carbons (Fsp3) is 0.310. The Hall–Kier alpha value is -4.50. The first-order valence-corrected chi connectivity index (χ1v) is 12.5. The SMILES string of the molecule is CN(C)[C@@H]1C(O)=C(C(N)=O)C(=O)[C@@]2(O)C(O)=C3C(=O)c4c(O)cccc4C(Cc4ccc(C#N)cc4)[C@H]3[C@H](O)[C@@H]12. The van der Waals surface area contributed by atoms with Crippen LogP contribution in [0.1, 0.15) is 33.0 Å². The van der Waals surface area contributed by atoms with Crippen molar-refractivity contribution in [1.29, 1.82) is 5.26 Å². The lowest BCUT2D eigenvalue weighted by Crippen LogP contribution is -2.68. The monoisotopic (exact) mass is 545 g/mol. The van der Waals surface area contributed by atoms with Crippen LogP contribution in [0.15, 0.2) is 65.1 Å². The third-order valence-electron chi connectivity index (χ3n) is 8.34. The highest BCUT2D eigenvalue weighted by atomic mass is 16.4. The number of phenols is 1. The van der Waals surface area contributed by atoms with Gasteiger partial charge in [-0.2, -0.15) is 5.26 Å². The number of carbonyl (C=O) groups excluding carboxylic acids is 3. The number of aliphatic hydroxyl groups is 4. The molecule has 0 bridgehead atoms. The molecule has 2 aromatic rings. The van der Waals surface area contributed by atoms with Gasteiger partial charge in [-0.05, 0) is 55.8 Å². The average molecular weight is 546 g/mol. The average Bonchev–Trinajstić information content (AvgIpc) is 2.90. The molecule has 0 fully saturated rings. The van der Waals surface area contributed by atoms with Gasteiger partial charge in [-0.25, -0.2) is 0 Å². The van der Waals surface area contributed by atoms with Crippen LogP contribution in [0.25, 0.3) is 0 Å². The highest BCUT2D eigenvalue weighted by Crippen LogP contribution is 2.56. The van der Waals surface area contributed by atoms with E-state index in [1.165, 1.54) is 31.1 Å². The Morgan fingerprint density at radius 2 is 1.75 bits per heavy atom. The smallest absolute Gasteiger partial charge is 0.255 e. The van der Waals surface area contributed by atoms with Crippen molar-refractivity contribution < 1.29 is 39.9 Å². The number of aliphatic hydroxyl groups excluding tert-OH is 3. The number of benzene rings is 2. The molecule has 0 radical (unpaired) electrons. The normalized spacial score (nSPS) is 29.6. The second-order valence-corrected chi connectivity index (χ2v) is 10.6. The highest BCUT2D eigenvalue weighted by molar-refractivity contribution is 6.25. The number of amides is 1. The van der Waals surface area contributed by atoms with Gasteiger partial charge in [-0.3, -0.25) is 19.3 Å². The molecule has 206 valence electrons. The van der Waals surface area contributed by atoms with Crippen LogP contribution in [-0.4, -0.2) is 79.7 Å². The molecule has 0 heterocycles. The Bertz CT molecular complexity index is 1570. The number of rotatable bonds is 4. The number of fused-ring (bicyclic) bond motifs is 3. The van der Waals surface area contributed by atoms with Crippen LogP contribution in [0, 0.1) is 23.2 Å². The van der Waals surface area contributed by atoms with Crippen molar-refractivity contribution in [3.8, 4) is 11.8 Å². The van der Waals surface area contributed by atoms with E-state index in [2.05, 4.69) is 0 Å². The zero-order valence-corrected chi connectivity index (χ0v) is 21.6. The zero-order valence-electron chi connectivity index (χ0n) is 21.6. The summed E-state index contributed by atoms with van der Waals surface area (Å²) in [6.07, 6.45) is -1.53. The lowest BCUT2D eigenvalue weighted by atomic mass is 9.54. The third kappa shape index (κ3) is 3.57. The van der Waals surface area contributed by atoms with Gasteiger partial charge < -0.3 is 31.3 Å². The maximum absolute atomic E-state index is 13.8. The van der Waals surface area contributed by atoms with E-state index >= 15 is 0 Å². The summed E-state index contributed by atoms with van der Waals surface area (Å²) < 4.78 is 0. The number of nitrogens with zero attached hydrogens (tertiary/aromatic N) is 2. The van der Waals surface area contributed by atoms with Gasteiger partial charge in [0.05, 0.1) is 35.3 Å². The summed E-state index contributed by atoms with van der Waals surface area (Å²) >= 11 is 0. The van der Waals surface area contributed by atoms with Crippen molar-refractivity contribution in [3.63, 3.8) is 0 Å². The van der Waals surface area contributed by atoms with Crippen molar-refractivity contribution in [1.82, 2.24) is 4.90 Å². The van der Waals surface area contributed by atoms with Gasteiger partial charge in [0.2, 0.25) is 5.78 Å². The number of nitriles is 1. The number of primary amides is 1. The topological polar surface area (TPSA) is 205 Å². The molecule has 2 aromatic carbocycles. The molecular weight excluding hydrogens is 518 g/mol. The number of aromatic hydroxyl groups is 1. The van der Waals surface area contributed by atoms with Gasteiger partial charge in [0, 0.05) is 11.5 Å². The fourth-order valence-corrected chi connectivity index (χ4v) is 6.61. The van der Waals surface area contributed by atoms with Gasteiger partial charge in [-0.1, -0.05) is 24.3 Å². The van der Waals surface area contributed by atoms with Crippen molar-refractivity contribution in [3.05, 3.63) is 87.4 Å². The number of carbonyl (C=O) groups is 3. The van der Waals surface area contributed by atoms with Crippen molar-refractivity contribution >= 4 is 17.5 Å². The van der Waals surface area contributed by atoms with Crippen LogP contribution in [-0.2, 0) is 16.0 Å². The number of hydrogen-bond acceptors (Lipinski definition) is 10. The molecule has 6 atom stereocenters. The Balaban J connectivity index is 1.79. The minimum Gasteiger partial charge on any atom is -0.510 e. The molecule has 40 heavy (non-hydrogen) atoms. The summed E-state index contributed by atoms with van der Waals surface area (Å²) in [6, 6.07) is 11.7. The second kappa shape index (κ2) is 9.31. The van der Waals surface area contributed by atoms with Crippen LogP contribution in [0.2, 0.25) is 0 Å². The molecule has 3 aliphatic rings. The van der Waals surface area contributed by atoms with E-state index in [0.29, 0.717) is 16.7 Å². The van der Waals surface area contributed by atoms with E-state index in [4.69, 9.17) is 11.0 Å². The van der Waals surface area contributed by atoms with Crippen molar-refractivity contribution in [2.75, 3.05) is 14.1 Å². The Kier molecular flexibility index (Phi) is 6.30. The minimum absolute atomic E-state index is 0.158. The maximum Gasteiger partial charge on any atom is 0.255 e. The number of ketones is 2. The standard InChI is InChI=1S/C29H27N3O8/c1-32(2)22-21-24(35)18-15(10-12-6-8-13(11-30)9-7-12)14-4-3-5-16(33)17(14)23(34)19(18)26(37)29(21,40)27(38)20(25(22)36)28(31)39/h3-9,15,18,21-22,24,33,35-37,40H,10H2,1-2H3,(H2,31,39)/t15?,18-,21-,22+,24+,29+/m1/s1. The lowest BCUT2D eigenvalue weighted by molar-refractivity contribution is -0.162. The van der Waals surface area contributed by atoms with Crippen LogP contribution in [0.4, 0.5) is 0 Å². The quantitative estimate of drug-likeness (QED) is 0.297. The lowest BCUT2D eigenvalue weighted by Gasteiger charge is -2.53. The first kappa shape index (κ1) is 27.1. The van der Waals surface area contributed by atoms with Crippen LogP contribution >= 0.6 is 0 Å². The number of phenolic OH excluding ortho intramolecular Hbond substituents is 1. The molecule has 5 rings (SSSR count).